The molecule has 0 spiro atoms. The second-order valence-corrected chi connectivity index (χ2v) is 5.66. The Hall–Kier alpha value is -1.09. The predicted molar refractivity (Wildman–Crippen MR) is 75.8 cm³/mol. The topological polar surface area (TPSA) is 48.1 Å². The van der Waals surface area contributed by atoms with Crippen molar-refractivity contribution in [2.24, 2.45) is 11.7 Å². The summed E-state index contributed by atoms with van der Waals surface area (Å²) in [6.07, 6.45) is 1.22. The van der Waals surface area contributed by atoms with Crippen molar-refractivity contribution in [1.82, 2.24) is 4.98 Å². The van der Waals surface area contributed by atoms with E-state index in [2.05, 4.69) is 45.7 Å². The monoisotopic (exact) mass is 250 g/mol. The first-order valence-electron chi connectivity index (χ1n) is 6.80. The third kappa shape index (κ3) is 4.65. The molecule has 1 atom stereocenters. The average Bonchev–Trinajstić information content (AvgIpc) is 2.27. The number of nitrogens with zero attached hydrogens (tertiary/aromatic N) is 1. The number of nitrogens with two attached hydrogens (primary N) is 1. The maximum absolute atomic E-state index is 5.89. The summed E-state index contributed by atoms with van der Waals surface area (Å²) in [7, 11) is 0. The second kappa shape index (κ2) is 6.74. The van der Waals surface area contributed by atoms with Crippen LogP contribution in [-0.2, 0) is 6.54 Å². The van der Waals surface area contributed by atoms with Gasteiger partial charge in [-0.1, -0.05) is 27.7 Å². The van der Waals surface area contributed by atoms with Crippen LogP contribution in [0.25, 0.3) is 0 Å². The molecule has 0 aliphatic carbocycles. The molecule has 0 bridgehead atoms. The summed E-state index contributed by atoms with van der Waals surface area (Å²) >= 11 is 0. The van der Waals surface area contributed by atoms with Crippen LogP contribution in [0.1, 0.15) is 58.2 Å². The van der Waals surface area contributed by atoms with E-state index in [9.17, 15) is 0 Å². The van der Waals surface area contributed by atoms with Gasteiger partial charge in [0.15, 0.2) is 0 Å². The van der Waals surface area contributed by atoms with E-state index in [1.54, 1.807) is 0 Å². The number of aromatic nitrogens is 1. The Morgan fingerprint density at radius 2 is 1.83 bits per heavy atom. The average molecular weight is 250 g/mol. The molecule has 0 amide bonds. The van der Waals surface area contributed by atoms with Crippen molar-refractivity contribution < 1.29 is 4.74 Å². The van der Waals surface area contributed by atoms with E-state index < -0.39 is 0 Å². The quantitative estimate of drug-likeness (QED) is 0.841. The van der Waals surface area contributed by atoms with Gasteiger partial charge in [-0.3, -0.25) is 0 Å². The van der Waals surface area contributed by atoms with Gasteiger partial charge in [-0.2, -0.15) is 0 Å². The van der Waals surface area contributed by atoms with Gasteiger partial charge in [0.1, 0.15) is 0 Å². The van der Waals surface area contributed by atoms with Gasteiger partial charge in [0, 0.05) is 18.3 Å². The number of rotatable bonds is 6. The summed E-state index contributed by atoms with van der Waals surface area (Å²) in [4.78, 5) is 4.55. The van der Waals surface area contributed by atoms with E-state index in [4.69, 9.17) is 10.5 Å². The van der Waals surface area contributed by atoms with E-state index in [1.165, 1.54) is 0 Å². The Kier molecular flexibility index (Phi) is 5.60. The maximum atomic E-state index is 5.89. The van der Waals surface area contributed by atoms with Crippen LogP contribution in [0.15, 0.2) is 12.1 Å². The fraction of sp³-hybridized carbons (Fsp3) is 0.667. The summed E-state index contributed by atoms with van der Waals surface area (Å²) in [5, 5.41) is 0. The zero-order valence-electron chi connectivity index (χ0n) is 12.2. The number of ether oxygens (including phenoxy) is 1. The van der Waals surface area contributed by atoms with Crippen molar-refractivity contribution in [3.63, 3.8) is 0 Å². The molecule has 0 fully saturated rings. The second-order valence-electron chi connectivity index (χ2n) is 5.66. The highest BCUT2D eigenvalue weighted by Crippen LogP contribution is 2.20. The van der Waals surface area contributed by atoms with Crippen molar-refractivity contribution >= 4 is 0 Å². The molecule has 18 heavy (non-hydrogen) atoms. The van der Waals surface area contributed by atoms with E-state index in [0.717, 1.165) is 17.7 Å². The third-order valence-electron chi connectivity index (χ3n) is 2.83. The summed E-state index contributed by atoms with van der Waals surface area (Å²) in [6, 6.07) is 4.01. The van der Waals surface area contributed by atoms with Gasteiger partial charge in [0.25, 0.3) is 0 Å². The first kappa shape index (κ1) is 15.0. The molecule has 0 aromatic carbocycles. The van der Waals surface area contributed by atoms with Crippen molar-refractivity contribution in [3.05, 3.63) is 23.4 Å². The number of hydrogen-bond donors (Lipinski definition) is 1. The minimum atomic E-state index is 0.186. The van der Waals surface area contributed by atoms with Crippen LogP contribution in [0.5, 0.6) is 5.88 Å². The molecule has 0 saturated heterocycles. The van der Waals surface area contributed by atoms with Crippen LogP contribution < -0.4 is 10.5 Å². The van der Waals surface area contributed by atoms with Crippen molar-refractivity contribution in [3.8, 4) is 5.88 Å². The molecule has 1 heterocycles. The first-order valence-corrected chi connectivity index (χ1v) is 6.80. The molecular formula is C15H26N2O. The normalized spacial score (nSPS) is 13.1. The molecule has 1 rings (SSSR count). The molecule has 3 heteroatoms. The standard InChI is InChI=1S/C15H26N2O/c1-10(2)6-12(5)18-15-8-13(9-16)7-14(17-15)11(3)4/h7-8,10-12H,6,9,16H2,1-5H3. The molecule has 1 aromatic heterocycles. The van der Waals surface area contributed by atoms with Gasteiger partial charge in [0.05, 0.1) is 6.10 Å². The number of pyridine rings is 1. The molecule has 102 valence electrons. The highest BCUT2D eigenvalue weighted by atomic mass is 16.5. The van der Waals surface area contributed by atoms with Crippen LogP contribution in [-0.4, -0.2) is 11.1 Å². The van der Waals surface area contributed by atoms with Gasteiger partial charge in [-0.05, 0) is 36.8 Å². The molecule has 0 aliphatic heterocycles. The lowest BCUT2D eigenvalue weighted by Crippen LogP contribution is -2.16. The van der Waals surface area contributed by atoms with E-state index in [1.807, 2.05) is 6.07 Å². The van der Waals surface area contributed by atoms with E-state index >= 15 is 0 Å². The Morgan fingerprint density at radius 3 is 2.33 bits per heavy atom. The molecule has 1 aromatic rings. The summed E-state index contributed by atoms with van der Waals surface area (Å²) < 4.78 is 5.89. The Bertz CT molecular complexity index is 375. The number of hydrogen-bond acceptors (Lipinski definition) is 3. The van der Waals surface area contributed by atoms with Crippen LogP contribution in [0.2, 0.25) is 0 Å². The minimum Gasteiger partial charge on any atom is -0.475 e. The third-order valence-corrected chi connectivity index (χ3v) is 2.83. The Labute approximate surface area is 111 Å². The molecule has 3 nitrogen and oxygen atoms in total. The Balaban J connectivity index is 2.84. The lowest BCUT2D eigenvalue weighted by atomic mass is 10.1. The zero-order valence-corrected chi connectivity index (χ0v) is 12.2. The van der Waals surface area contributed by atoms with Crippen molar-refractivity contribution in [2.75, 3.05) is 0 Å². The molecular weight excluding hydrogens is 224 g/mol. The highest BCUT2D eigenvalue weighted by Gasteiger charge is 2.11. The van der Waals surface area contributed by atoms with Crippen molar-refractivity contribution in [1.29, 1.82) is 0 Å². The largest absolute Gasteiger partial charge is 0.475 e. The van der Waals surface area contributed by atoms with Gasteiger partial charge >= 0.3 is 0 Å². The Morgan fingerprint density at radius 1 is 1.17 bits per heavy atom. The molecule has 1 unspecified atom stereocenters. The van der Waals surface area contributed by atoms with Crippen LogP contribution in [0.4, 0.5) is 0 Å². The van der Waals surface area contributed by atoms with Gasteiger partial charge in [-0.25, -0.2) is 4.98 Å². The van der Waals surface area contributed by atoms with E-state index in [0.29, 0.717) is 24.3 Å². The van der Waals surface area contributed by atoms with Crippen LogP contribution >= 0.6 is 0 Å². The van der Waals surface area contributed by atoms with Gasteiger partial charge < -0.3 is 10.5 Å². The van der Waals surface area contributed by atoms with Crippen LogP contribution in [0.3, 0.4) is 0 Å². The highest BCUT2D eigenvalue weighted by molar-refractivity contribution is 5.26. The lowest BCUT2D eigenvalue weighted by Gasteiger charge is -2.17. The fourth-order valence-corrected chi connectivity index (χ4v) is 1.97. The van der Waals surface area contributed by atoms with E-state index in [-0.39, 0.29) is 6.10 Å². The first-order chi connectivity index (χ1) is 8.42. The summed E-state index contributed by atoms with van der Waals surface area (Å²) in [5.74, 6) is 1.72. The van der Waals surface area contributed by atoms with Crippen molar-refractivity contribution in [2.45, 2.75) is 59.6 Å². The minimum absolute atomic E-state index is 0.186. The van der Waals surface area contributed by atoms with Crippen LogP contribution in [0, 0.1) is 5.92 Å². The molecule has 2 N–H and O–H groups in total. The SMILES string of the molecule is CC(C)CC(C)Oc1cc(CN)cc(C(C)C)n1. The van der Waals surface area contributed by atoms with Gasteiger partial charge in [0.2, 0.25) is 5.88 Å². The predicted octanol–water partition coefficient (Wildman–Crippen LogP) is 3.48. The lowest BCUT2D eigenvalue weighted by molar-refractivity contribution is 0.185. The molecule has 0 saturated carbocycles. The summed E-state index contributed by atoms with van der Waals surface area (Å²) in [6.45, 7) is 11.3. The smallest absolute Gasteiger partial charge is 0.214 e. The fourth-order valence-electron chi connectivity index (χ4n) is 1.97. The summed E-state index contributed by atoms with van der Waals surface area (Å²) in [5.41, 5.74) is 7.85. The van der Waals surface area contributed by atoms with Gasteiger partial charge in [-0.15, -0.1) is 0 Å². The maximum Gasteiger partial charge on any atom is 0.214 e. The zero-order chi connectivity index (χ0) is 13.7. The molecule has 0 aliphatic rings. The molecule has 0 radical (unpaired) electrons.